The molecule has 1 saturated heterocycles. The van der Waals surface area contributed by atoms with Gasteiger partial charge in [0.25, 0.3) is 0 Å². The van der Waals surface area contributed by atoms with Gasteiger partial charge >= 0.3 is 20.4 Å². The second-order valence-electron chi connectivity index (χ2n) is 5.60. The quantitative estimate of drug-likeness (QED) is 0.201. The predicted molar refractivity (Wildman–Crippen MR) is 133 cm³/mol. The summed E-state index contributed by atoms with van der Waals surface area (Å²) >= 11 is 6.31. The molecule has 30 heavy (non-hydrogen) atoms. The summed E-state index contributed by atoms with van der Waals surface area (Å²) in [4.78, 5) is 24.3. The van der Waals surface area contributed by atoms with Gasteiger partial charge in [-0.05, 0) is 31.5 Å². The summed E-state index contributed by atoms with van der Waals surface area (Å²) in [5.74, 6) is 2.30. The Kier molecular flexibility index (Phi) is 48.1. The molecule has 0 aromatic carbocycles. The van der Waals surface area contributed by atoms with Crippen molar-refractivity contribution in [1.29, 1.82) is 4.35 Å². The van der Waals surface area contributed by atoms with Crippen LogP contribution in [0.15, 0.2) is 12.7 Å². The number of hydrogen-bond acceptors (Lipinski definition) is 7. The number of rotatable bonds is 7. The number of aliphatic hydroxyl groups is 2. The molecule has 1 aliphatic rings. The van der Waals surface area contributed by atoms with Crippen molar-refractivity contribution >= 4 is 60.7 Å². The molecule has 4 radical (unpaired) electrons. The number of likely N-dealkylation sites (N-methyl/N-ethyl adjacent to an activating group) is 1. The Morgan fingerprint density at radius 3 is 1.77 bits per heavy atom. The minimum atomic E-state index is -0.0556. The summed E-state index contributed by atoms with van der Waals surface area (Å²) in [6.07, 6.45) is 4.40. The molecule has 0 unspecified atom stereocenters. The van der Waals surface area contributed by atoms with Gasteiger partial charge in [0.2, 0.25) is 11.8 Å². The van der Waals surface area contributed by atoms with E-state index >= 15 is 0 Å². The predicted octanol–water partition coefficient (Wildman–Crippen LogP) is -0.226. The molecule has 3 N–H and O–H groups in total. The number of hydrogen-bond donors (Lipinski definition) is 3. The van der Waals surface area contributed by atoms with Gasteiger partial charge in [-0.3, -0.25) is 9.59 Å². The van der Waals surface area contributed by atoms with Crippen LogP contribution in [0.4, 0.5) is 0 Å². The molecule has 0 bridgehead atoms. The summed E-state index contributed by atoms with van der Waals surface area (Å²) in [7, 11) is 6.87. The van der Waals surface area contributed by atoms with Gasteiger partial charge in [0, 0.05) is 67.7 Å². The van der Waals surface area contributed by atoms with Crippen LogP contribution in [0.1, 0.15) is 19.3 Å². The Balaban J connectivity index is -0.0000000949. The number of thioether (sulfide) groups is 1. The van der Waals surface area contributed by atoms with Gasteiger partial charge in [0.05, 0.1) is 13.2 Å². The third-order valence-electron chi connectivity index (χ3n) is 2.75. The van der Waals surface area contributed by atoms with Crippen LogP contribution in [0.5, 0.6) is 0 Å². The SMILES string of the molecule is C1CCOC1.C=CC(=O)N(C)C.CN(C)C(=O)CCSCCO.OCC[SH2+].[B].[NH]=[Al]. The van der Waals surface area contributed by atoms with E-state index in [9.17, 15) is 9.59 Å². The van der Waals surface area contributed by atoms with Gasteiger partial charge < -0.3 is 24.7 Å². The van der Waals surface area contributed by atoms with Crippen molar-refractivity contribution in [1.82, 2.24) is 9.80 Å². The van der Waals surface area contributed by atoms with Crippen LogP contribution in [0.3, 0.4) is 0 Å². The second-order valence-corrected chi connectivity index (χ2v) is 7.33. The second kappa shape index (κ2) is 36.1. The number of ether oxygens (including phenoxy) is 1. The zero-order chi connectivity index (χ0) is 23.5. The van der Waals surface area contributed by atoms with Crippen LogP contribution in [-0.2, 0) is 27.0 Å². The van der Waals surface area contributed by atoms with Crippen LogP contribution >= 0.6 is 11.8 Å². The molecular weight excluding hydrogens is 440 g/mol. The first-order valence-corrected chi connectivity index (χ1v) is 11.6. The van der Waals surface area contributed by atoms with E-state index in [1.807, 2.05) is 0 Å². The normalized spacial score (nSPS) is 10.5. The third-order valence-corrected chi connectivity index (χ3v) is 3.94. The molecule has 0 saturated carbocycles. The van der Waals surface area contributed by atoms with E-state index in [0.717, 1.165) is 24.7 Å². The van der Waals surface area contributed by atoms with Crippen molar-refractivity contribution in [2.45, 2.75) is 19.3 Å². The van der Waals surface area contributed by atoms with Crippen LogP contribution in [0.25, 0.3) is 0 Å². The fourth-order valence-corrected chi connectivity index (χ4v) is 1.89. The first kappa shape index (κ1) is 40.1. The molecule has 0 atom stereocenters. The molecule has 12 heteroatoms. The van der Waals surface area contributed by atoms with E-state index in [4.69, 9.17) is 19.3 Å². The fourth-order valence-electron chi connectivity index (χ4n) is 1.24. The van der Waals surface area contributed by atoms with E-state index in [1.165, 1.54) is 23.8 Å². The molecule has 1 heterocycles. The van der Waals surface area contributed by atoms with Crippen molar-refractivity contribution in [3.63, 3.8) is 0 Å². The first-order chi connectivity index (χ1) is 13.8. The van der Waals surface area contributed by atoms with Gasteiger partial charge in [-0.2, -0.15) is 11.8 Å². The van der Waals surface area contributed by atoms with E-state index in [1.54, 1.807) is 60.9 Å². The van der Waals surface area contributed by atoms with Crippen molar-refractivity contribution < 1.29 is 24.5 Å². The van der Waals surface area contributed by atoms with Crippen LogP contribution in [0, 0.1) is 4.35 Å². The van der Waals surface area contributed by atoms with E-state index in [-0.39, 0.29) is 33.4 Å². The topological polar surface area (TPSA) is 114 Å². The maximum absolute atomic E-state index is 11.0. The monoisotopic (exact) mass is 480 g/mol. The number of amides is 2. The summed E-state index contributed by atoms with van der Waals surface area (Å²) in [5.41, 5.74) is 0. The number of carbonyl (C=O) groups excluding carboxylic acids is 2. The van der Waals surface area contributed by atoms with Crippen molar-refractivity contribution in [2.24, 2.45) is 0 Å². The first-order valence-electron chi connectivity index (χ1n) is 9.12. The summed E-state index contributed by atoms with van der Waals surface area (Å²) < 4.78 is 10.6. The third kappa shape index (κ3) is 41.9. The molecule has 174 valence electrons. The fraction of sp³-hybridized carbons (Fsp3) is 0.778. The van der Waals surface area contributed by atoms with Crippen molar-refractivity contribution in [3.05, 3.63) is 12.7 Å². The zero-order valence-corrected chi connectivity index (χ0v) is 21.9. The molecule has 0 aromatic rings. The van der Waals surface area contributed by atoms with Gasteiger partial charge in [-0.25, -0.2) is 0 Å². The van der Waals surface area contributed by atoms with Crippen LogP contribution in [-0.4, -0.2) is 128 Å². The summed E-state index contributed by atoms with van der Waals surface area (Å²) in [5, 5.41) is 16.3. The molecule has 0 aromatic heterocycles. The van der Waals surface area contributed by atoms with Crippen LogP contribution in [0.2, 0.25) is 0 Å². The average molecular weight is 480 g/mol. The average Bonchev–Trinajstić information content (AvgIpc) is 3.32. The summed E-state index contributed by atoms with van der Waals surface area (Å²) in [6, 6.07) is 0. The zero-order valence-electron chi connectivity index (χ0n) is 18.9. The van der Waals surface area contributed by atoms with Gasteiger partial charge in [-0.1, -0.05) is 6.58 Å². The van der Waals surface area contributed by atoms with Crippen LogP contribution < -0.4 is 0 Å². The molecule has 1 fully saturated rings. The number of nitrogens with one attached hydrogen (secondary N) is 1. The van der Waals surface area contributed by atoms with Gasteiger partial charge in [0.1, 0.15) is 5.75 Å². The number of carbonyl (C=O) groups is 2. The molecule has 2 amide bonds. The number of nitrogens with zero attached hydrogens (tertiary/aromatic N) is 2. The molecule has 0 spiro atoms. The molecular formula is C18H40AlBN3O5S2+. The minimum absolute atomic E-state index is 0. The van der Waals surface area contributed by atoms with Gasteiger partial charge in [0.15, 0.2) is 0 Å². The molecule has 0 aliphatic carbocycles. The Morgan fingerprint density at radius 2 is 1.57 bits per heavy atom. The van der Waals surface area contributed by atoms with Crippen molar-refractivity contribution in [2.75, 3.05) is 71.9 Å². The van der Waals surface area contributed by atoms with Gasteiger partial charge in [-0.15, -0.1) is 0 Å². The Hall–Kier alpha value is -0.343. The standard InChI is InChI=1S/C7H15NO2S.C5H9NO.C4H8O.C2H6OS.Al.B.HN/c1-8(2)7(10)3-5-11-6-4-9;1-4-5(7)6(2)3;1-2-4-5-3-1;3-1-2-4;;;/h9H,3-6H2,1-2H3;4H,1H2,2-3H3;1-4H2;3-4H,1-2H2;;;1H/p+1. The summed E-state index contributed by atoms with van der Waals surface area (Å²) in [6.45, 7) is 5.72. The Bertz CT molecular complexity index is 372. The van der Waals surface area contributed by atoms with E-state index in [0.29, 0.717) is 12.2 Å². The Morgan fingerprint density at radius 1 is 1.10 bits per heavy atom. The molecule has 8 nitrogen and oxygen atoms in total. The van der Waals surface area contributed by atoms with E-state index < -0.39 is 0 Å². The van der Waals surface area contributed by atoms with E-state index in [2.05, 4.69) is 19.2 Å². The Labute approximate surface area is 202 Å². The number of aliphatic hydroxyl groups excluding tert-OH is 2. The van der Waals surface area contributed by atoms with Crippen molar-refractivity contribution in [3.8, 4) is 0 Å². The molecule has 1 aliphatic heterocycles. The molecule has 1 rings (SSSR count). The maximum atomic E-state index is 11.0.